The van der Waals surface area contributed by atoms with Crippen molar-refractivity contribution in [2.24, 2.45) is 0 Å². The number of nitrogens with zero attached hydrogens (tertiary/aromatic N) is 1. The molecule has 1 aliphatic heterocycles. The van der Waals surface area contributed by atoms with Gasteiger partial charge in [-0.05, 0) is 45.7 Å². The van der Waals surface area contributed by atoms with Crippen LogP contribution in [0.4, 0.5) is 0 Å². The van der Waals surface area contributed by atoms with Crippen LogP contribution in [0.25, 0.3) is 0 Å². The average molecular weight is 224 g/mol. The quantitative estimate of drug-likeness (QED) is 0.793. The number of likely N-dealkylation sites (N-methyl/N-ethyl adjacent to an activating group) is 1. The smallest absolute Gasteiger partial charge is 0.0252 e. The van der Waals surface area contributed by atoms with E-state index >= 15 is 0 Å². The van der Waals surface area contributed by atoms with Gasteiger partial charge in [0.2, 0.25) is 0 Å². The van der Waals surface area contributed by atoms with Crippen LogP contribution in [0.2, 0.25) is 0 Å². The Kier molecular flexibility index (Phi) is 4.66. The van der Waals surface area contributed by atoms with Crippen molar-refractivity contribution in [3.63, 3.8) is 0 Å². The summed E-state index contributed by atoms with van der Waals surface area (Å²) in [5, 5.41) is 3.69. The van der Waals surface area contributed by atoms with E-state index in [-0.39, 0.29) is 0 Å². The van der Waals surface area contributed by atoms with Gasteiger partial charge in [-0.25, -0.2) is 0 Å². The van der Waals surface area contributed by atoms with Crippen molar-refractivity contribution in [1.82, 2.24) is 10.2 Å². The molecule has 94 valence electrons. The van der Waals surface area contributed by atoms with Gasteiger partial charge in [-0.3, -0.25) is 4.90 Å². The first-order valence-corrected chi connectivity index (χ1v) is 7.32. The van der Waals surface area contributed by atoms with Crippen molar-refractivity contribution in [2.45, 2.75) is 76.9 Å². The standard InChI is InChI=1S/C14H28N2/c1-3-15-13-9-7-10-14(13)16-11-6-4-5-8-12(16)2/h12-15H,3-11H2,1-2H3. The highest BCUT2D eigenvalue weighted by molar-refractivity contribution is 4.92. The third-order valence-corrected chi connectivity index (χ3v) is 4.48. The number of hydrogen-bond donors (Lipinski definition) is 1. The second-order valence-corrected chi connectivity index (χ2v) is 5.60. The maximum absolute atomic E-state index is 3.69. The van der Waals surface area contributed by atoms with E-state index in [1.807, 2.05) is 0 Å². The van der Waals surface area contributed by atoms with Gasteiger partial charge in [-0.15, -0.1) is 0 Å². The van der Waals surface area contributed by atoms with Crippen molar-refractivity contribution in [3.05, 3.63) is 0 Å². The lowest BCUT2D eigenvalue weighted by Crippen LogP contribution is -2.50. The molecule has 3 unspecified atom stereocenters. The van der Waals surface area contributed by atoms with Crippen molar-refractivity contribution in [1.29, 1.82) is 0 Å². The highest BCUT2D eigenvalue weighted by Crippen LogP contribution is 2.29. The van der Waals surface area contributed by atoms with E-state index in [1.54, 1.807) is 0 Å². The predicted octanol–water partition coefficient (Wildman–Crippen LogP) is 2.78. The Bertz CT molecular complexity index is 205. The molecule has 1 N–H and O–H groups in total. The summed E-state index contributed by atoms with van der Waals surface area (Å²) in [6.45, 7) is 7.14. The lowest BCUT2D eigenvalue weighted by molar-refractivity contribution is 0.129. The van der Waals surface area contributed by atoms with E-state index < -0.39 is 0 Å². The first-order valence-electron chi connectivity index (χ1n) is 7.32. The number of rotatable bonds is 3. The Morgan fingerprint density at radius 1 is 1.06 bits per heavy atom. The van der Waals surface area contributed by atoms with Crippen molar-refractivity contribution >= 4 is 0 Å². The highest BCUT2D eigenvalue weighted by Gasteiger charge is 2.33. The third kappa shape index (κ3) is 2.78. The summed E-state index contributed by atoms with van der Waals surface area (Å²) in [6, 6.07) is 2.41. The molecule has 1 saturated carbocycles. The van der Waals surface area contributed by atoms with Gasteiger partial charge in [-0.1, -0.05) is 26.2 Å². The fourth-order valence-corrected chi connectivity index (χ4v) is 3.63. The Hall–Kier alpha value is -0.0800. The summed E-state index contributed by atoms with van der Waals surface area (Å²) < 4.78 is 0. The van der Waals surface area contributed by atoms with Gasteiger partial charge >= 0.3 is 0 Å². The van der Waals surface area contributed by atoms with Crippen LogP contribution < -0.4 is 5.32 Å². The maximum atomic E-state index is 3.69. The Morgan fingerprint density at radius 2 is 1.94 bits per heavy atom. The first kappa shape index (κ1) is 12.4. The van der Waals surface area contributed by atoms with Gasteiger partial charge in [0.1, 0.15) is 0 Å². The molecule has 1 heterocycles. The zero-order chi connectivity index (χ0) is 11.4. The molecule has 0 amide bonds. The second kappa shape index (κ2) is 6.02. The number of hydrogen-bond acceptors (Lipinski definition) is 2. The monoisotopic (exact) mass is 224 g/mol. The minimum atomic E-state index is 0.769. The zero-order valence-corrected chi connectivity index (χ0v) is 11.0. The van der Waals surface area contributed by atoms with E-state index in [1.165, 1.54) is 51.5 Å². The summed E-state index contributed by atoms with van der Waals surface area (Å²) in [7, 11) is 0. The third-order valence-electron chi connectivity index (χ3n) is 4.48. The highest BCUT2D eigenvalue weighted by atomic mass is 15.2. The topological polar surface area (TPSA) is 15.3 Å². The van der Waals surface area contributed by atoms with Gasteiger partial charge < -0.3 is 5.32 Å². The van der Waals surface area contributed by atoms with Crippen LogP contribution in [0.3, 0.4) is 0 Å². The van der Waals surface area contributed by atoms with Crippen molar-refractivity contribution in [3.8, 4) is 0 Å². The normalized spacial score (nSPS) is 37.5. The van der Waals surface area contributed by atoms with Crippen LogP contribution in [0.5, 0.6) is 0 Å². The first-order chi connectivity index (χ1) is 7.83. The van der Waals surface area contributed by atoms with E-state index in [2.05, 4.69) is 24.1 Å². The van der Waals surface area contributed by atoms with Gasteiger partial charge in [0, 0.05) is 18.1 Å². The fourth-order valence-electron chi connectivity index (χ4n) is 3.63. The lowest BCUT2D eigenvalue weighted by atomic mass is 10.1. The van der Waals surface area contributed by atoms with Crippen LogP contribution in [0.1, 0.15) is 58.8 Å². The molecule has 2 nitrogen and oxygen atoms in total. The molecular weight excluding hydrogens is 196 g/mol. The zero-order valence-electron chi connectivity index (χ0n) is 11.0. The van der Waals surface area contributed by atoms with Gasteiger partial charge in [0.05, 0.1) is 0 Å². The fraction of sp³-hybridized carbons (Fsp3) is 1.00. The molecule has 0 bridgehead atoms. The molecule has 0 aromatic heterocycles. The summed E-state index contributed by atoms with van der Waals surface area (Å²) in [4.78, 5) is 2.81. The number of nitrogens with one attached hydrogen (secondary N) is 1. The molecule has 16 heavy (non-hydrogen) atoms. The van der Waals surface area contributed by atoms with Crippen molar-refractivity contribution in [2.75, 3.05) is 13.1 Å². The van der Waals surface area contributed by atoms with E-state index in [4.69, 9.17) is 0 Å². The molecule has 1 aliphatic carbocycles. The average Bonchev–Trinajstić information content (AvgIpc) is 2.61. The Labute approximate surface area is 101 Å². The summed E-state index contributed by atoms with van der Waals surface area (Å²) in [5.41, 5.74) is 0. The molecular formula is C14H28N2. The van der Waals surface area contributed by atoms with Gasteiger partial charge in [0.15, 0.2) is 0 Å². The van der Waals surface area contributed by atoms with Gasteiger partial charge in [-0.2, -0.15) is 0 Å². The summed E-state index contributed by atoms with van der Waals surface area (Å²) in [6.07, 6.45) is 9.94. The van der Waals surface area contributed by atoms with Crippen LogP contribution in [0.15, 0.2) is 0 Å². The maximum Gasteiger partial charge on any atom is 0.0252 e. The second-order valence-electron chi connectivity index (χ2n) is 5.60. The molecule has 2 heteroatoms. The molecule has 0 aromatic carbocycles. The minimum absolute atomic E-state index is 0.769. The molecule has 3 atom stereocenters. The molecule has 2 fully saturated rings. The molecule has 2 rings (SSSR count). The van der Waals surface area contributed by atoms with Crippen LogP contribution in [-0.2, 0) is 0 Å². The van der Waals surface area contributed by atoms with E-state index in [0.29, 0.717) is 0 Å². The Morgan fingerprint density at radius 3 is 2.75 bits per heavy atom. The van der Waals surface area contributed by atoms with Crippen molar-refractivity contribution < 1.29 is 0 Å². The predicted molar refractivity (Wildman–Crippen MR) is 69.7 cm³/mol. The molecule has 0 spiro atoms. The largest absolute Gasteiger partial charge is 0.313 e. The summed E-state index contributed by atoms with van der Waals surface area (Å²) in [5.74, 6) is 0. The molecule has 0 aromatic rings. The Balaban J connectivity index is 1.97. The van der Waals surface area contributed by atoms with Crippen LogP contribution in [0, 0.1) is 0 Å². The van der Waals surface area contributed by atoms with Gasteiger partial charge in [0.25, 0.3) is 0 Å². The lowest BCUT2D eigenvalue weighted by Gasteiger charge is -2.36. The SMILES string of the molecule is CCNC1CCCC1N1CCCCCC1C. The van der Waals surface area contributed by atoms with Crippen LogP contribution >= 0.6 is 0 Å². The minimum Gasteiger partial charge on any atom is -0.313 e. The molecule has 2 aliphatic rings. The number of likely N-dealkylation sites (tertiary alicyclic amines) is 1. The van der Waals surface area contributed by atoms with Crippen LogP contribution in [-0.4, -0.2) is 36.1 Å². The molecule has 1 saturated heterocycles. The van der Waals surface area contributed by atoms with E-state index in [9.17, 15) is 0 Å². The summed E-state index contributed by atoms with van der Waals surface area (Å²) >= 11 is 0. The molecule has 0 radical (unpaired) electrons. The van der Waals surface area contributed by atoms with E-state index in [0.717, 1.165) is 24.7 Å².